The Morgan fingerprint density at radius 1 is 1.44 bits per heavy atom. The maximum atomic E-state index is 12.1. The average Bonchev–Trinajstić information content (AvgIpc) is 2.87. The standard InChI is InChI=1S/C12H18N4O2/c1-8-14-15-11(18-8)10-3-2-6-16(10)12(17)13-7-9-4-5-9/h9-10H,2-7H2,1H3,(H,13,17)/t10-/m1/s1. The van der Waals surface area contributed by atoms with Gasteiger partial charge < -0.3 is 14.6 Å². The van der Waals surface area contributed by atoms with E-state index >= 15 is 0 Å². The number of hydrogen-bond acceptors (Lipinski definition) is 4. The van der Waals surface area contributed by atoms with Gasteiger partial charge in [0, 0.05) is 20.0 Å². The molecule has 2 aliphatic rings. The number of carbonyl (C=O) groups is 1. The van der Waals surface area contributed by atoms with Gasteiger partial charge in [-0.05, 0) is 31.6 Å². The number of nitrogens with one attached hydrogen (secondary N) is 1. The first-order valence-electron chi connectivity index (χ1n) is 6.58. The zero-order valence-electron chi connectivity index (χ0n) is 10.6. The Morgan fingerprint density at radius 3 is 2.94 bits per heavy atom. The molecule has 1 aromatic rings. The number of aromatic nitrogens is 2. The lowest BCUT2D eigenvalue weighted by atomic mass is 10.2. The van der Waals surface area contributed by atoms with Crippen molar-refractivity contribution in [2.75, 3.05) is 13.1 Å². The molecule has 0 spiro atoms. The van der Waals surface area contributed by atoms with Gasteiger partial charge in [-0.25, -0.2) is 4.79 Å². The number of hydrogen-bond donors (Lipinski definition) is 1. The van der Waals surface area contributed by atoms with Gasteiger partial charge >= 0.3 is 6.03 Å². The van der Waals surface area contributed by atoms with E-state index in [1.165, 1.54) is 12.8 Å². The molecule has 1 N–H and O–H groups in total. The summed E-state index contributed by atoms with van der Waals surface area (Å²) in [5, 5.41) is 10.9. The van der Waals surface area contributed by atoms with Crippen molar-refractivity contribution in [2.24, 2.45) is 5.92 Å². The van der Waals surface area contributed by atoms with E-state index in [1.807, 2.05) is 4.90 Å². The first-order valence-corrected chi connectivity index (χ1v) is 6.58. The fourth-order valence-corrected chi connectivity index (χ4v) is 2.37. The normalized spacial score (nSPS) is 23.4. The minimum atomic E-state index is -0.0506. The van der Waals surface area contributed by atoms with Gasteiger partial charge in [0.25, 0.3) is 0 Å². The molecule has 6 nitrogen and oxygen atoms in total. The molecular formula is C12H18N4O2. The average molecular weight is 250 g/mol. The third-order valence-corrected chi connectivity index (χ3v) is 3.58. The van der Waals surface area contributed by atoms with Gasteiger partial charge in [-0.15, -0.1) is 10.2 Å². The highest BCUT2D eigenvalue weighted by Crippen LogP contribution is 2.31. The second-order valence-electron chi connectivity index (χ2n) is 5.14. The summed E-state index contributed by atoms with van der Waals surface area (Å²) < 4.78 is 5.44. The molecule has 2 fully saturated rings. The van der Waals surface area contributed by atoms with Crippen LogP contribution < -0.4 is 5.32 Å². The van der Waals surface area contributed by atoms with Crippen molar-refractivity contribution in [2.45, 2.75) is 38.6 Å². The Morgan fingerprint density at radius 2 is 2.28 bits per heavy atom. The number of urea groups is 1. The molecule has 0 radical (unpaired) electrons. The van der Waals surface area contributed by atoms with Crippen LogP contribution in [0.15, 0.2) is 4.42 Å². The van der Waals surface area contributed by atoms with Crippen molar-refractivity contribution >= 4 is 6.03 Å². The Labute approximate surface area is 106 Å². The van der Waals surface area contributed by atoms with Crippen LogP contribution in [0.25, 0.3) is 0 Å². The monoisotopic (exact) mass is 250 g/mol. The van der Waals surface area contributed by atoms with Gasteiger partial charge in [0.05, 0.1) is 0 Å². The summed E-state index contributed by atoms with van der Waals surface area (Å²) in [4.78, 5) is 13.9. The van der Waals surface area contributed by atoms with E-state index in [0.29, 0.717) is 17.7 Å². The molecule has 0 aromatic carbocycles. The Kier molecular flexibility index (Phi) is 2.93. The molecule has 18 heavy (non-hydrogen) atoms. The fraction of sp³-hybridized carbons (Fsp3) is 0.750. The van der Waals surface area contributed by atoms with Gasteiger partial charge in [-0.1, -0.05) is 0 Å². The second kappa shape index (κ2) is 4.59. The maximum Gasteiger partial charge on any atom is 0.318 e. The molecule has 0 bridgehead atoms. The van der Waals surface area contributed by atoms with Gasteiger partial charge in [0.1, 0.15) is 6.04 Å². The van der Waals surface area contributed by atoms with Gasteiger partial charge in [-0.2, -0.15) is 0 Å². The third kappa shape index (κ3) is 2.32. The summed E-state index contributed by atoms with van der Waals surface area (Å²) in [5.41, 5.74) is 0. The number of nitrogens with zero attached hydrogens (tertiary/aromatic N) is 3. The van der Waals surface area contributed by atoms with Crippen LogP contribution in [-0.2, 0) is 0 Å². The molecule has 1 aliphatic heterocycles. The number of amides is 2. The number of rotatable bonds is 3. The third-order valence-electron chi connectivity index (χ3n) is 3.58. The SMILES string of the molecule is Cc1nnc([C@H]2CCCN2C(=O)NCC2CC2)o1. The van der Waals surface area contributed by atoms with Crippen LogP contribution in [0.5, 0.6) is 0 Å². The van der Waals surface area contributed by atoms with Gasteiger partial charge in [-0.3, -0.25) is 0 Å². The van der Waals surface area contributed by atoms with E-state index in [4.69, 9.17) is 4.42 Å². The van der Waals surface area contributed by atoms with E-state index in [9.17, 15) is 4.79 Å². The van der Waals surface area contributed by atoms with Gasteiger partial charge in [0.2, 0.25) is 11.8 Å². The van der Waals surface area contributed by atoms with Gasteiger partial charge in [0.15, 0.2) is 0 Å². The summed E-state index contributed by atoms with van der Waals surface area (Å²) in [6, 6.07) is -0.0503. The second-order valence-corrected chi connectivity index (χ2v) is 5.14. The minimum Gasteiger partial charge on any atom is -0.423 e. The zero-order chi connectivity index (χ0) is 12.5. The summed E-state index contributed by atoms with van der Waals surface area (Å²) >= 11 is 0. The molecule has 98 valence electrons. The highest BCUT2D eigenvalue weighted by molar-refractivity contribution is 5.74. The molecule has 1 atom stereocenters. The summed E-state index contributed by atoms with van der Waals surface area (Å²) in [5.74, 6) is 1.81. The molecule has 3 rings (SSSR count). The molecule has 1 saturated heterocycles. The first-order chi connectivity index (χ1) is 8.74. The molecule has 1 aromatic heterocycles. The number of likely N-dealkylation sites (tertiary alicyclic amines) is 1. The van der Waals surface area contributed by atoms with Crippen molar-refractivity contribution in [3.05, 3.63) is 11.8 Å². The predicted octanol–water partition coefficient (Wildman–Crippen LogP) is 1.63. The summed E-state index contributed by atoms with van der Waals surface area (Å²) in [6.07, 6.45) is 4.38. The summed E-state index contributed by atoms with van der Waals surface area (Å²) in [7, 11) is 0. The zero-order valence-corrected chi connectivity index (χ0v) is 10.6. The van der Waals surface area contributed by atoms with Crippen molar-refractivity contribution in [3.63, 3.8) is 0 Å². The largest absolute Gasteiger partial charge is 0.423 e. The molecule has 2 heterocycles. The fourth-order valence-electron chi connectivity index (χ4n) is 2.37. The van der Waals surface area contributed by atoms with Crippen LogP contribution in [0.3, 0.4) is 0 Å². The highest BCUT2D eigenvalue weighted by atomic mass is 16.4. The number of carbonyl (C=O) groups excluding carboxylic acids is 1. The lowest BCUT2D eigenvalue weighted by Crippen LogP contribution is -2.40. The van der Waals surface area contributed by atoms with Crippen molar-refractivity contribution in [3.8, 4) is 0 Å². The topological polar surface area (TPSA) is 71.3 Å². The predicted molar refractivity (Wildman–Crippen MR) is 63.8 cm³/mol. The van der Waals surface area contributed by atoms with Crippen LogP contribution in [0, 0.1) is 12.8 Å². The van der Waals surface area contributed by atoms with Crippen LogP contribution in [-0.4, -0.2) is 34.2 Å². The number of aryl methyl sites for hydroxylation is 1. The quantitative estimate of drug-likeness (QED) is 0.885. The molecule has 1 aliphatic carbocycles. The minimum absolute atomic E-state index is 0.000234. The van der Waals surface area contributed by atoms with Crippen LogP contribution in [0.2, 0.25) is 0 Å². The van der Waals surface area contributed by atoms with Crippen molar-refractivity contribution in [1.82, 2.24) is 20.4 Å². The van der Waals surface area contributed by atoms with Crippen LogP contribution >= 0.6 is 0 Å². The Hall–Kier alpha value is -1.59. The summed E-state index contributed by atoms with van der Waals surface area (Å²) in [6.45, 7) is 3.33. The smallest absolute Gasteiger partial charge is 0.318 e. The van der Waals surface area contributed by atoms with Crippen molar-refractivity contribution in [1.29, 1.82) is 0 Å². The Bertz CT molecular complexity index is 441. The molecule has 6 heteroatoms. The Balaban J connectivity index is 1.64. The lowest BCUT2D eigenvalue weighted by molar-refractivity contribution is 0.183. The van der Waals surface area contributed by atoms with E-state index in [2.05, 4.69) is 15.5 Å². The molecular weight excluding hydrogens is 232 g/mol. The van der Waals surface area contributed by atoms with E-state index in [0.717, 1.165) is 25.9 Å². The van der Waals surface area contributed by atoms with Crippen LogP contribution in [0.4, 0.5) is 4.79 Å². The molecule has 2 amide bonds. The lowest BCUT2D eigenvalue weighted by Gasteiger charge is -2.22. The van der Waals surface area contributed by atoms with E-state index in [1.54, 1.807) is 6.92 Å². The van der Waals surface area contributed by atoms with E-state index in [-0.39, 0.29) is 12.1 Å². The molecule has 1 saturated carbocycles. The van der Waals surface area contributed by atoms with E-state index < -0.39 is 0 Å². The molecule has 0 unspecified atom stereocenters. The van der Waals surface area contributed by atoms with Crippen LogP contribution in [0.1, 0.15) is 43.5 Å². The maximum absolute atomic E-state index is 12.1. The first kappa shape index (κ1) is 11.5. The highest BCUT2D eigenvalue weighted by Gasteiger charge is 2.34. The van der Waals surface area contributed by atoms with Crippen molar-refractivity contribution < 1.29 is 9.21 Å².